The van der Waals surface area contributed by atoms with Crippen molar-refractivity contribution in [3.05, 3.63) is 34.9 Å². The van der Waals surface area contributed by atoms with Gasteiger partial charge in [0.05, 0.1) is 0 Å². The summed E-state index contributed by atoms with van der Waals surface area (Å²) in [7, 11) is 0. The van der Waals surface area contributed by atoms with Crippen molar-refractivity contribution in [2.24, 2.45) is 0 Å². The Kier molecular flexibility index (Phi) is 3.47. The summed E-state index contributed by atoms with van der Waals surface area (Å²) in [5.74, 6) is 0. The lowest BCUT2D eigenvalue weighted by atomic mass is 9.79. The van der Waals surface area contributed by atoms with Gasteiger partial charge in [0.1, 0.15) is 5.67 Å². The first kappa shape index (κ1) is 13.2. The van der Waals surface area contributed by atoms with Gasteiger partial charge in [-0.1, -0.05) is 39.0 Å². The summed E-state index contributed by atoms with van der Waals surface area (Å²) < 4.78 is 13.8. The maximum atomic E-state index is 13.8. The van der Waals surface area contributed by atoms with E-state index in [4.69, 9.17) is 0 Å². The number of alkyl halides is 1. The number of aryl methyl sites for hydroxylation is 1. The fraction of sp³-hybridized carbons (Fsp3) is 0.600. The Bertz CT molecular complexity index is 364. The van der Waals surface area contributed by atoms with Crippen molar-refractivity contribution >= 4 is 0 Å². The van der Waals surface area contributed by atoms with Crippen LogP contribution in [0.1, 0.15) is 51.3 Å². The van der Waals surface area contributed by atoms with E-state index in [-0.39, 0.29) is 5.41 Å². The molecule has 0 heterocycles. The van der Waals surface area contributed by atoms with Crippen LogP contribution in [-0.2, 0) is 11.8 Å². The van der Waals surface area contributed by atoms with Crippen LogP contribution in [0.2, 0.25) is 0 Å². The number of benzene rings is 1. The summed E-state index contributed by atoms with van der Waals surface area (Å²) in [6, 6.07) is 6.25. The molecular formula is C15H23F. The molecule has 1 heteroatoms. The van der Waals surface area contributed by atoms with Crippen LogP contribution in [0, 0.1) is 6.92 Å². The fourth-order valence-corrected chi connectivity index (χ4v) is 2.06. The monoisotopic (exact) mass is 222 g/mol. The van der Waals surface area contributed by atoms with Crippen molar-refractivity contribution in [2.75, 3.05) is 0 Å². The average molecular weight is 222 g/mol. The summed E-state index contributed by atoms with van der Waals surface area (Å²) in [6.07, 6.45) is 0.492. The minimum absolute atomic E-state index is 0.0760. The molecule has 0 nitrogen and oxygen atoms in total. The highest BCUT2D eigenvalue weighted by atomic mass is 19.1. The topological polar surface area (TPSA) is 0 Å². The lowest BCUT2D eigenvalue weighted by molar-refractivity contribution is 0.216. The van der Waals surface area contributed by atoms with Crippen LogP contribution >= 0.6 is 0 Å². The van der Waals surface area contributed by atoms with Crippen LogP contribution in [0.3, 0.4) is 0 Å². The third-order valence-electron chi connectivity index (χ3n) is 2.82. The standard InChI is InChI=1S/C15H23F/c1-11-8-7-9-13(14(2,3)4)12(11)10-15(5,6)16/h7-9H,10H2,1-6H3. The SMILES string of the molecule is Cc1cccc(C(C)(C)C)c1CC(C)(C)F. The van der Waals surface area contributed by atoms with Gasteiger partial charge in [-0.15, -0.1) is 0 Å². The summed E-state index contributed by atoms with van der Waals surface area (Å²) in [5, 5.41) is 0. The lowest BCUT2D eigenvalue weighted by Crippen LogP contribution is -2.22. The van der Waals surface area contributed by atoms with Gasteiger partial charge < -0.3 is 0 Å². The van der Waals surface area contributed by atoms with E-state index in [1.807, 2.05) is 0 Å². The third-order valence-corrected chi connectivity index (χ3v) is 2.82. The number of hydrogen-bond acceptors (Lipinski definition) is 0. The largest absolute Gasteiger partial charge is 0.244 e. The second-order valence-electron chi connectivity index (χ2n) is 6.25. The highest BCUT2D eigenvalue weighted by molar-refractivity contribution is 5.39. The third kappa shape index (κ3) is 3.33. The minimum atomic E-state index is -1.15. The number of rotatable bonds is 2. The van der Waals surface area contributed by atoms with Crippen LogP contribution in [0.25, 0.3) is 0 Å². The van der Waals surface area contributed by atoms with Crippen molar-refractivity contribution in [1.29, 1.82) is 0 Å². The number of halogens is 1. The van der Waals surface area contributed by atoms with E-state index in [9.17, 15) is 4.39 Å². The molecule has 16 heavy (non-hydrogen) atoms. The van der Waals surface area contributed by atoms with Crippen molar-refractivity contribution < 1.29 is 4.39 Å². The average Bonchev–Trinajstić information content (AvgIpc) is 2.04. The quantitative estimate of drug-likeness (QED) is 0.687. The van der Waals surface area contributed by atoms with Crippen LogP contribution in [0.4, 0.5) is 4.39 Å². The molecule has 1 aromatic rings. The molecule has 90 valence electrons. The predicted molar refractivity (Wildman–Crippen MR) is 68.8 cm³/mol. The first-order valence-corrected chi connectivity index (χ1v) is 5.89. The Hall–Kier alpha value is -0.850. The van der Waals surface area contributed by atoms with E-state index >= 15 is 0 Å². The summed E-state index contributed by atoms with van der Waals surface area (Å²) in [4.78, 5) is 0. The van der Waals surface area contributed by atoms with Gasteiger partial charge in [0, 0.05) is 6.42 Å². The number of hydrogen-bond donors (Lipinski definition) is 0. The Morgan fingerprint density at radius 3 is 2.06 bits per heavy atom. The van der Waals surface area contributed by atoms with E-state index in [0.717, 1.165) is 0 Å². The van der Waals surface area contributed by atoms with E-state index in [1.165, 1.54) is 16.7 Å². The first-order chi connectivity index (χ1) is 7.11. The van der Waals surface area contributed by atoms with Gasteiger partial charge in [-0.05, 0) is 42.9 Å². The van der Waals surface area contributed by atoms with E-state index in [1.54, 1.807) is 13.8 Å². The van der Waals surface area contributed by atoms with Gasteiger partial charge in [0.25, 0.3) is 0 Å². The maximum Gasteiger partial charge on any atom is 0.109 e. The molecule has 0 bridgehead atoms. The first-order valence-electron chi connectivity index (χ1n) is 5.89. The van der Waals surface area contributed by atoms with E-state index in [0.29, 0.717) is 6.42 Å². The molecule has 0 atom stereocenters. The van der Waals surface area contributed by atoms with Gasteiger partial charge in [0.2, 0.25) is 0 Å². The zero-order chi connectivity index (χ0) is 12.6. The molecule has 0 aliphatic heterocycles. The molecule has 0 aliphatic carbocycles. The molecule has 0 unspecified atom stereocenters. The van der Waals surface area contributed by atoms with Crippen molar-refractivity contribution in [2.45, 2.75) is 59.0 Å². The molecule has 0 fully saturated rings. The molecule has 0 aliphatic rings. The molecule has 0 N–H and O–H groups in total. The minimum Gasteiger partial charge on any atom is -0.244 e. The highest BCUT2D eigenvalue weighted by Gasteiger charge is 2.24. The molecule has 0 radical (unpaired) electrons. The van der Waals surface area contributed by atoms with Gasteiger partial charge in [0.15, 0.2) is 0 Å². The van der Waals surface area contributed by atoms with E-state index < -0.39 is 5.67 Å². The highest BCUT2D eigenvalue weighted by Crippen LogP contribution is 2.31. The molecule has 0 saturated heterocycles. The molecule has 1 aromatic carbocycles. The van der Waals surface area contributed by atoms with Gasteiger partial charge >= 0.3 is 0 Å². The van der Waals surface area contributed by atoms with Gasteiger partial charge in [-0.2, -0.15) is 0 Å². The fourth-order valence-electron chi connectivity index (χ4n) is 2.06. The molecule has 0 aromatic heterocycles. The molecular weight excluding hydrogens is 199 g/mol. The van der Waals surface area contributed by atoms with Crippen molar-refractivity contribution in [1.82, 2.24) is 0 Å². The van der Waals surface area contributed by atoms with Crippen molar-refractivity contribution in [3.63, 3.8) is 0 Å². The zero-order valence-corrected chi connectivity index (χ0v) is 11.3. The Labute approximate surface area is 98.9 Å². The van der Waals surface area contributed by atoms with Gasteiger partial charge in [-0.3, -0.25) is 0 Å². The maximum absolute atomic E-state index is 13.8. The van der Waals surface area contributed by atoms with Crippen LogP contribution < -0.4 is 0 Å². The summed E-state index contributed by atoms with van der Waals surface area (Å²) >= 11 is 0. The second-order valence-corrected chi connectivity index (χ2v) is 6.25. The van der Waals surface area contributed by atoms with Crippen LogP contribution in [0.5, 0.6) is 0 Å². The van der Waals surface area contributed by atoms with Gasteiger partial charge in [-0.25, -0.2) is 4.39 Å². The molecule has 0 saturated carbocycles. The molecule has 1 rings (SSSR count). The Morgan fingerprint density at radius 2 is 1.62 bits per heavy atom. The normalized spacial score (nSPS) is 12.9. The van der Waals surface area contributed by atoms with E-state index in [2.05, 4.69) is 45.9 Å². The Balaban J connectivity index is 3.25. The summed E-state index contributed by atoms with van der Waals surface area (Å²) in [6.45, 7) is 11.9. The van der Waals surface area contributed by atoms with Crippen molar-refractivity contribution in [3.8, 4) is 0 Å². The molecule has 0 spiro atoms. The second kappa shape index (κ2) is 4.20. The smallest absolute Gasteiger partial charge is 0.109 e. The summed E-state index contributed by atoms with van der Waals surface area (Å²) in [5.41, 5.74) is 2.55. The Morgan fingerprint density at radius 1 is 1.06 bits per heavy atom. The zero-order valence-electron chi connectivity index (χ0n) is 11.3. The van der Waals surface area contributed by atoms with Crippen LogP contribution in [-0.4, -0.2) is 5.67 Å². The lowest BCUT2D eigenvalue weighted by Gasteiger charge is -2.26. The molecule has 0 amide bonds. The van der Waals surface area contributed by atoms with Crippen LogP contribution in [0.15, 0.2) is 18.2 Å². The predicted octanol–water partition coefficient (Wildman–Crippen LogP) is 4.58.